The Balaban J connectivity index is 1.46. The molecule has 3 aliphatic rings. The van der Waals surface area contributed by atoms with Crippen LogP contribution in [0.4, 0.5) is 0 Å². The average molecular weight is 340 g/mol. The molecule has 3 rings (SSSR count). The lowest BCUT2D eigenvalue weighted by Gasteiger charge is -2.41. The Morgan fingerprint density at radius 1 is 1.04 bits per heavy atom. The summed E-state index contributed by atoms with van der Waals surface area (Å²) in [7, 11) is 0. The molecule has 4 nitrogen and oxygen atoms in total. The minimum Gasteiger partial charge on any atom is -0.377 e. The fraction of sp³-hybridized carbons (Fsp3) is 1.00. The highest BCUT2D eigenvalue weighted by atomic mass is 16.7. The van der Waals surface area contributed by atoms with E-state index in [0.717, 1.165) is 51.6 Å². The fourth-order valence-corrected chi connectivity index (χ4v) is 4.59. The van der Waals surface area contributed by atoms with Gasteiger partial charge in [0.25, 0.3) is 0 Å². The summed E-state index contributed by atoms with van der Waals surface area (Å²) in [6, 6.07) is 0. The topological polar surface area (TPSA) is 30.9 Å². The van der Waals surface area contributed by atoms with Gasteiger partial charge in [0.15, 0.2) is 5.79 Å². The Morgan fingerprint density at radius 2 is 1.75 bits per heavy atom. The third kappa shape index (κ3) is 4.51. The number of likely N-dealkylation sites (N-methyl/N-ethyl adjacent to an activating group) is 1. The van der Waals surface area contributed by atoms with Crippen LogP contribution in [0.1, 0.15) is 66.2 Å². The molecule has 1 saturated carbocycles. The Kier molecular flexibility index (Phi) is 5.90. The third-order valence-electron chi connectivity index (χ3n) is 6.28. The first-order chi connectivity index (χ1) is 11.4. The van der Waals surface area contributed by atoms with Gasteiger partial charge in [-0.1, -0.05) is 27.7 Å². The first kappa shape index (κ1) is 18.6. The summed E-state index contributed by atoms with van der Waals surface area (Å²) in [5.41, 5.74) is 0.403. The van der Waals surface area contributed by atoms with Crippen molar-refractivity contribution in [2.24, 2.45) is 11.3 Å². The van der Waals surface area contributed by atoms with Gasteiger partial charge in [0.05, 0.1) is 18.8 Å². The van der Waals surface area contributed by atoms with Crippen LogP contribution in [0, 0.1) is 11.3 Å². The number of hydrogen-bond acceptors (Lipinski definition) is 4. The number of nitrogens with zero attached hydrogens (tertiary/aromatic N) is 1. The maximum atomic E-state index is 6.44. The summed E-state index contributed by atoms with van der Waals surface area (Å²) in [6.45, 7) is 14.1. The normalized spacial score (nSPS) is 37.6. The van der Waals surface area contributed by atoms with Gasteiger partial charge in [-0.3, -0.25) is 4.90 Å². The number of hydrogen-bond donors (Lipinski definition) is 0. The van der Waals surface area contributed by atoms with Crippen LogP contribution in [0.15, 0.2) is 0 Å². The predicted molar refractivity (Wildman–Crippen MR) is 96.1 cm³/mol. The molecule has 0 aromatic heterocycles. The molecule has 1 aliphatic carbocycles. The highest BCUT2D eigenvalue weighted by Crippen LogP contribution is 2.45. The van der Waals surface area contributed by atoms with Crippen molar-refractivity contribution in [3.05, 3.63) is 0 Å². The molecule has 140 valence electrons. The van der Waals surface area contributed by atoms with E-state index in [2.05, 4.69) is 32.6 Å². The zero-order valence-electron chi connectivity index (χ0n) is 16.2. The average Bonchev–Trinajstić information content (AvgIpc) is 3.17. The Labute approximate surface area is 148 Å². The van der Waals surface area contributed by atoms with Gasteiger partial charge in [0.1, 0.15) is 0 Å². The summed E-state index contributed by atoms with van der Waals surface area (Å²) in [4.78, 5) is 2.48. The van der Waals surface area contributed by atoms with Gasteiger partial charge in [-0.2, -0.15) is 0 Å². The van der Waals surface area contributed by atoms with E-state index in [1.165, 1.54) is 25.7 Å². The van der Waals surface area contributed by atoms with Crippen LogP contribution in [-0.4, -0.2) is 55.7 Å². The van der Waals surface area contributed by atoms with Crippen molar-refractivity contribution in [3.8, 4) is 0 Å². The maximum Gasteiger partial charge on any atom is 0.168 e. The van der Waals surface area contributed by atoms with E-state index in [4.69, 9.17) is 14.2 Å². The highest BCUT2D eigenvalue weighted by Gasteiger charge is 2.46. The Morgan fingerprint density at radius 3 is 2.33 bits per heavy atom. The molecule has 1 spiro atoms. The van der Waals surface area contributed by atoms with E-state index in [1.54, 1.807) is 0 Å². The van der Waals surface area contributed by atoms with E-state index in [1.807, 2.05) is 0 Å². The van der Waals surface area contributed by atoms with Crippen molar-refractivity contribution in [2.45, 2.75) is 84.2 Å². The molecular formula is C20H37NO3. The van der Waals surface area contributed by atoms with Gasteiger partial charge in [-0.15, -0.1) is 0 Å². The van der Waals surface area contributed by atoms with Crippen LogP contribution < -0.4 is 0 Å². The van der Waals surface area contributed by atoms with Gasteiger partial charge >= 0.3 is 0 Å². The van der Waals surface area contributed by atoms with E-state index in [-0.39, 0.29) is 11.9 Å². The van der Waals surface area contributed by atoms with Crippen LogP contribution in [0.25, 0.3) is 0 Å². The monoisotopic (exact) mass is 339 g/mol. The van der Waals surface area contributed by atoms with Gasteiger partial charge in [0, 0.05) is 32.5 Å². The van der Waals surface area contributed by atoms with Crippen LogP contribution in [0.5, 0.6) is 0 Å². The Bertz CT molecular complexity index is 392. The zero-order valence-corrected chi connectivity index (χ0v) is 16.2. The van der Waals surface area contributed by atoms with E-state index in [9.17, 15) is 0 Å². The molecule has 0 N–H and O–H groups in total. The lowest BCUT2D eigenvalue weighted by Crippen LogP contribution is -2.41. The molecule has 0 radical (unpaired) electrons. The second-order valence-electron chi connectivity index (χ2n) is 9.09. The SMILES string of the molecule is CCN(CC1CCCO1)CC1COC2(CCC(C(C)(C)C)CC2)O1. The van der Waals surface area contributed by atoms with Crippen LogP contribution in [0.3, 0.4) is 0 Å². The number of rotatable bonds is 5. The molecular weight excluding hydrogens is 302 g/mol. The summed E-state index contributed by atoms with van der Waals surface area (Å²) in [5.74, 6) is 0.511. The molecule has 24 heavy (non-hydrogen) atoms. The minimum absolute atomic E-state index is 0.220. The van der Waals surface area contributed by atoms with Gasteiger partial charge in [-0.25, -0.2) is 0 Å². The molecule has 2 saturated heterocycles. The fourth-order valence-electron chi connectivity index (χ4n) is 4.59. The van der Waals surface area contributed by atoms with Crippen molar-refractivity contribution in [2.75, 3.05) is 32.8 Å². The van der Waals surface area contributed by atoms with E-state index in [0.29, 0.717) is 11.5 Å². The third-order valence-corrected chi connectivity index (χ3v) is 6.28. The van der Waals surface area contributed by atoms with E-state index < -0.39 is 0 Å². The molecule has 0 aromatic rings. The molecule has 3 fully saturated rings. The largest absolute Gasteiger partial charge is 0.377 e. The van der Waals surface area contributed by atoms with Crippen molar-refractivity contribution in [1.29, 1.82) is 0 Å². The standard InChI is InChI=1S/C20H37NO3/c1-5-21(13-17-7-6-12-22-17)14-18-15-23-20(24-18)10-8-16(9-11-20)19(2,3)4/h16-18H,5-15H2,1-4H3. The molecule has 0 aromatic carbocycles. The molecule has 2 heterocycles. The quantitative estimate of drug-likeness (QED) is 0.761. The smallest absolute Gasteiger partial charge is 0.168 e. The predicted octanol–water partition coefficient (Wildman–Crippen LogP) is 3.84. The molecule has 2 atom stereocenters. The van der Waals surface area contributed by atoms with Gasteiger partial charge in [-0.05, 0) is 43.6 Å². The van der Waals surface area contributed by atoms with Crippen molar-refractivity contribution >= 4 is 0 Å². The number of ether oxygens (including phenoxy) is 3. The lowest BCUT2D eigenvalue weighted by atomic mass is 9.71. The van der Waals surface area contributed by atoms with Gasteiger partial charge < -0.3 is 14.2 Å². The van der Waals surface area contributed by atoms with Crippen LogP contribution in [0.2, 0.25) is 0 Å². The van der Waals surface area contributed by atoms with Crippen molar-refractivity contribution < 1.29 is 14.2 Å². The highest BCUT2D eigenvalue weighted by molar-refractivity contribution is 4.89. The molecule has 0 amide bonds. The van der Waals surface area contributed by atoms with Gasteiger partial charge in [0.2, 0.25) is 0 Å². The van der Waals surface area contributed by atoms with Crippen molar-refractivity contribution in [1.82, 2.24) is 4.90 Å². The first-order valence-corrected chi connectivity index (χ1v) is 10.1. The lowest BCUT2D eigenvalue weighted by molar-refractivity contribution is -0.197. The zero-order chi connectivity index (χ0) is 17.2. The van der Waals surface area contributed by atoms with E-state index >= 15 is 0 Å². The minimum atomic E-state index is -0.282. The molecule has 2 unspecified atom stereocenters. The van der Waals surface area contributed by atoms with Crippen LogP contribution >= 0.6 is 0 Å². The first-order valence-electron chi connectivity index (χ1n) is 10.1. The summed E-state index contributed by atoms with van der Waals surface area (Å²) >= 11 is 0. The van der Waals surface area contributed by atoms with Crippen molar-refractivity contribution in [3.63, 3.8) is 0 Å². The van der Waals surface area contributed by atoms with Crippen LogP contribution in [-0.2, 0) is 14.2 Å². The summed E-state index contributed by atoms with van der Waals surface area (Å²) in [5, 5.41) is 0. The summed E-state index contributed by atoms with van der Waals surface area (Å²) < 4.78 is 18.4. The molecule has 2 aliphatic heterocycles. The molecule has 4 heteroatoms. The second kappa shape index (κ2) is 7.61. The summed E-state index contributed by atoms with van der Waals surface area (Å²) in [6.07, 6.45) is 7.63. The maximum absolute atomic E-state index is 6.44. The Hall–Kier alpha value is -0.160. The molecule has 0 bridgehead atoms. The second-order valence-corrected chi connectivity index (χ2v) is 9.09.